The Bertz CT molecular complexity index is 1480. The van der Waals surface area contributed by atoms with Gasteiger partial charge in [-0.1, -0.05) is 18.2 Å². The van der Waals surface area contributed by atoms with Crippen LogP contribution in [0.2, 0.25) is 0 Å². The predicted molar refractivity (Wildman–Crippen MR) is 123 cm³/mol. The molecule has 1 aliphatic heterocycles. The standard InChI is InChI=1S/C26H20O8/c1-31-15-6-3-13(4-7-15)17-12-33-26-23-16(14-5-8-18(27)20(9-14)32-2)10-22(29)34-21(23)11-19(28)24(26)25(17)30/h3-9,11-12,16,27-28H,10H2,1-2H3/t16-/m1/s1. The van der Waals surface area contributed by atoms with Crippen LogP contribution in [0.25, 0.3) is 22.1 Å². The highest BCUT2D eigenvalue weighted by molar-refractivity contribution is 5.94. The number of esters is 1. The van der Waals surface area contributed by atoms with Gasteiger partial charge >= 0.3 is 5.97 Å². The third-order valence-corrected chi connectivity index (χ3v) is 5.98. The van der Waals surface area contributed by atoms with E-state index in [1.54, 1.807) is 43.5 Å². The normalized spacial score (nSPS) is 15.0. The first-order chi connectivity index (χ1) is 16.4. The Balaban J connectivity index is 1.73. The van der Waals surface area contributed by atoms with E-state index in [1.165, 1.54) is 25.5 Å². The highest BCUT2D eigenvalue weighted by Gasteiger charge is 2.34. The van der Waals surface area contributed by atoms with Crippen LogP contribution in [0.4, 0.5) is 0 Å². The number of ether oxygens (including phenoxy) is 3. The summed E-state index contributed by atoms with van der Waals surface area (Å²) in [5.74, 6) is -0.460. The predicted octanol–water partition coefficient (Wildman–Crippen LogP) is 4.33. The number of phenolic OH excluding ortho intramolecular Hbond substituents is 2. The van der Waals surface area contributed by atoms with Crippen LogP contribution in [0.15, 0.2) is 64.0 Å². The molecule has 2 heterocycles. The summed E-state index contributed by atoms with van der Waals surface area (Å²) in [4.78, 5) is 25.8. The summed E-state index contributed by atoms with van der Waals surface area (Å²) in [6.07, 6.45) is 1.31. The van der Waals surface area contributed by atoms with Gasteiger partial charge in [0.2, 0.25) is 5.43 Å². The van der Waals surface area contributed by atoms with E-state index in [0.29, 0.717) is 22.4 Å². The number of aromatic hydroxyl groups is 2. The quantitative estimate of drug-likeness (QED) is 0.342. The second kappa shape index (κ2) is 8.15. The molecule has 0 radical (unpaired) electrons. The zero-order chi connectivity index (χ0) is 24.0. The molecular weight excluding hydrogens is 440 g/mol. The van der Waals surface area contributed by atoms with Crippen molar-refractivity contribution in [3.63, 3.8) is 0 Å². The lowest BCUT2D eigenvalue weighted by Gasteiger charge is -2.26. The van der Waals surface area contributed by atoms with Crippen molar-refractivity contribution in [3.8, 4) is 39.9 Å². The molecule has 0 fully saturated rings. The fourth-order valence-corrected chi connectivity index (χ4v) is 4.30. The summed E-state index contributed by atoms with van der Waals surface area (Å²) >= 11 is 0. The van der Waals surface area contributed by atoms with Crippen LogP contribution in [0.1, 0.15) is 23.5 Å². The highest BCUT2D eigenvalue weighted by Crippen LogP contribution is 2.46. The molecule has 1 aliphatic rings. The maximum absolute atomic E-state index is 13.4. The molecule has 0 amide bonds. The zero-order valence-electron chi connectivity index (χ0n) is 18.3. The molecule has 0 unspecified atom stereocenters. The lowest BCUT2D eigenvalue weighted by atomic mass is 9.84. The third-order valence-electron chi connectivity index (χ3n) is 5.98. The monoisotopic (exact) mass is 460 g/mol. The molecule has 8 nitrogen and oxygen atoms in total. The van der Waals surface area contributed by atoms with Gasteiger partial charge in [0.05, 0.1) is 26.2 Å². The van der Waals surface area contributed by atoms with Gasteiger partial charge in [0.25, 0.3) is 0 Å². The Morgan fingerprint density at radius 1 is 0.941 bits per heavy atom. The smallest absolute Gasteiger partial charge is 0.312 e. The summed E-state index contributed by atoms with van der Waals surface area (Å²) in [5.41, 5.74) is 1.67. The molecule has 3 aromatic carbocycles. The molecular formula is C26H20O8. The lowest BCUT2D eigenvalue weighted by molar-refractivity contribution is -0.135. The van der Waals surface area contributed by atoms with Crippen molar-refractivity contribution in [2.45, 2.75) is 12.3 Å². The Labute approximate surface area is 193 Å². The van der Waals surface area contributed by atoms with Crippen molar-refractivity contribution in [1.82, 2.24) is 0 Å². The first kappa shape index (κ1) is 21.4. The van der Waals surface area contributed by atoms with Gasteiger partial charge in [-0.3, -0.25) is 9.59 Å². The minimum Gasteiger partial charge on any atom is -0.507 e. The maximum atomic E-state index is 13.4. The van der Waals surface area contributed by atoms with E-state index in [2.05, 4.69) is 0 Å². The van der Waals surface area contributed by atoms with E-state index < -0.39 is 17.3 Å². The second-order valence-electron chi connectivity index (χ2n) is 7.88. The molecule has 0 saturated heterocycles. The van der Waals surface area contributed by atoms with Crippen LogP contribution in [0.5, 0.6) is 28.7 Å². The molecule has 0 saturated carbocycles. The van der Waals surface area contributed by atoms with Crippen molar-refractivity contribution < 1.29 is 33.6 Å². The molecule has 0 aliphatic carbocycles. The van der Waals surface area contributed by atoms with Crippen molar-refractivity contribution in [1.29, 1.82) is 0 Å². The van der Waals surface area contributed by atoms with E-state index >= 15 is 0 Å². The number of carbonyl (C=O) groups is 1. The summed E-state index contributed by atoms with van der Waals surface area (Å²) in [5, 5.41) is 20.7. The van der Waals surface area contributed by atoms with Gasteiger partial charge in [0.1, 0.15) is 34.5 Å². The van der Waals surface area contributed by atoms with Gasteiger partial charge in [0, 0.05) is 17.5 Å². The van der Waals surface area contributed by atoms with Crippen LogP contribution in [0, 0.1) is 0 Å². The highest BCUT2D eigenvalue weighted by atomic mass is 16.5. The third kappa shape index (κ3) is 3.40. The van der Waals surface area contributed by atoms with Gasteiger partial charge in [-0.15, -0.1) is 0 Å². The SMILES string of the molecule is COc1ccc(-c2coc3c4c(cc(O)c3c2=O)OC(=O)C[C@@H]4c2ccc(O)c(OC)c2)cc1. The first-order valence-corrected chi connectivity index (χ1v) is 10.4. The summed E-state index contributed by atoms with van der Waals surface area (Å²) in [7, 11) is 2.97. The Morgan fingerprint density at radius 2 is 1.71 bits per heavy atom. The molecule has 0 spiro atoms. The van der Waals surface area contributed by atoms with Crippen molar-refractivity contribution in [2.75, 3.05) is 14.2 Å². The average Bonchev–Trinajstić information content (AvgIpc) is 2.84. The molecule has 172 valence electrons. The lowest BCUT2D eigenvalue weighted by Crippen LogP contribution is -2.22. The Hall–Kier alpha value is -4.46. The summed E-state index contributed by atoms with van der Waals surface area (Å²) < 4.78 is 21.7. The van der Waals surface area contributed by atoms with Crippen molar-refractivity contribution in [3.05, 3.63) is 76.1 Å². The Kier molecular flexibility index (Phi) is 5.13. The van der Waals surface area contributed by atoms with Crippen LogP contribution in [0.3, 0.4) is 0 Å². The number of methoxy groups -OCH3 is 2. The Morgan fingerprint density at radius 3 is 2.41 bits per heavy atom. The number of phenols is 2. The molecule has 8 heteroatoms. The van der Waals surface area contributed by atoms with Crippen molar-refractivity contribution in [2.24, 2.45) is 0 Å². The van der Waals surface area contributed by atoms with Crippen molar-refractivity contribution >= 4 is 16.9 Å². The van der Waals surface area contributed by atoms with E-state index in [0.717, 1.165) is 0 Å². The average molecular weight is 460 g/mol. The fourth-order valence-electron chi connectivity index (χ4n) is 4.30. The number of fused-ring (bicyclic) bond motifs is 3. The number of carbonyl (C=O) groups excluding carboxylic acids is 1. The minimum absolute atomic E-state index is 0.0132. The molecule has 34 heavy (non-hydrogen) atoms. The van der Waals surface area contributed by atoms with Crippen LogP contribution >= 0.6 is 0 Å². The molecule has 2 N–H and O–H groups in total. The minimum atomic E-state index is -0.552. The van der Waals surface area contributed by atoms with E-state index in [1.807, 2.05) is 0 Å². The van der Waals surface area contributed by atoms with Gasteiger partial charge in [-0.2, -0.15) is 0 Å². The van der Waals surface area contributed by atoms with E-state index in [-0.39, 0.29) is 46.0 Å². The number of benzene rings is 3. The topological polar surface area (TPSA) is 115 Å². The summed E-state index contributed by atoms with van der Waals surface area (Å²) in [6.45, 7) is 0. The van der Waals surface area contributed by atoms with Gasteiger partial charge in [-0.05, 0) is 35.4 Å². The second-order valence-corrected chi connectivity index (χ2v) is 7.88. The summed E-state index contributed by atoms with van der Waals surface area (Å²) in [6, 6.07) is 12.9. The van der Waals surface area contributed by atoms with Gasteiger partial charge in [-0.25, -0.2) is 0 Å². The van der Waals surface area contributed by atoms with Crippen LogP contribution < -0.4 is 19.6 Å². The largest absolute Gasteiger partial charge is 0.507 e. The number of hydrogen-bond acceptors (Lipinski definition) is 8. The molecule has 0 bridgehead atoms. The zero-order valence-corrected chi connectivity index (χ0v) is 18.3. The molecule has 1 aromatic heterocycles. The molecule has 4 aromatic rings. The van der Waals surface area contributed by atoms with Gasteiger partial charge in [0.15, 0.2) is 11.5 Å². The van der Waals surface area contributed by atoms with E-state index in [9.17, 15) is 19.8 Å². The van der Waals surface area contributed by atoms with Crippen LogP contribution in [-0.2, 0) is 4.79 Å². The molecule has 5 rings (SSSR count). The number of hydrogen-bond donors (Lipinski definition) is 2. The van der Waals surface area contributed by atoms with Crippen LogP contribution in [-0.4, -0.2) is 30.4 Å². The number of rotatable bonds is 4. The fraction of sp³-hybridized carbons (Fsp3) is 0.154. The maximum Gasteiger partial charge on any atom is 0.312 e. The first-order valence-electron chi connectivity index (χ1n) is 10.4. The van der Waals surface area contributed by atoms with Gasteiger partial charge < -0.3 is 28.8 Å². The molecule has 1 atom stereocenters. The van der Waals surface area contributed by atoms with E-state index in [4.69, 9.17) is 18.6 Å².